The average Bonchev–Trinajstić information content (AvgIpc) is 3.00. The first-order valence-electron chi connectivity index (χ1n) is 7.92. The second kappa shape index (κ2) is 6.75. The van der Waals surface area contributed by atoms with E-state index >= 15 is 0 Å². The van der Waals surface area contributed by atoms with E-state index in [0.29, 0.717) is 6.17 Å². The van der Waals surface area contributed by atoms with E-state index in [2.05, 4.69) is 40.4 Å². The van der Waals surface area contributed by atoms with E-state index < -0.39 is 10.1 Å². The van der Waals surface area contributed by atoms with Crippen molar-refractivity contribution >= 4 is 22.0 Å². The molecule has 6 heteroatoms. The van der Waals surface area contributed by atoms with Crippen molar-refractivity contribution in [1.29, 1.82) is 0 Å². The fraction of sp³-hybridized carbons (Fsp3) is 0.278. The third-order valence-corrected chi connectivity index (χ3v) is 5.04. The van der Waals surface area contributed by atoms with Gasteiger partial charge in [-0.3, -0.25) is 0 Å². The quantitative estimate of drug-likeness (QED) is 0.637. The zero-order chi connectivity index (χ0) is 17.2. The Morgan fingerprint density at radius 3 is 2.54 bits per heavy atom. The smallest absolute Gasteiger partial charge is 0.226 e. The van der Waals surface area contributed by atoms with E-state index in [0.717, 1.165) is 5.56 Å². The highest BCUT2D eigenvalue weighted by atomic mass is 32.2. The molecular formula is C18H20N2O3S. The molecule has 2 heterocycles. The summed E-state index contributed by atoms with van der Waals surface area (Å²) in [5.74, 6) is 0. The fourth-order valence-corrected chi connectivity index (χ4v) is 3.37. The largest absolute Gasteiger partial charge is 0.744 e. The zero-order valence-electron chi connectivity index (χ0n) is 13.5. The minimum atomic E-state index is -4.27. The maximum absolute atomic E-state index is 10.4. The van der Waals surface area contributed by atoms with Gasteiger partial charge in [-0.15, -0.1) is 0 Å². The van der Waals surface area contributed by atoms with Crippen LogP contribution in [0.1, 0.15) is 24.0 Å². The lowest BCUT2D eigenvalue weighted by Crippen LogP contribution is -2.32. The maximum atomic E-state index is 10.4. The molecule has 1 saturated heterocycles. The molecule has 1 fully saturated rings. The normalized spacial score (nSPS) is 18.4. The summed E-state index contributed by atoms with van der Waals surface area (Å²) in [6, 6.07) is 14.3. The molecule has 1 unspecified atom stereocenters. The van der Waals surface area contributed by atoms with Gasteiger partial charge in [0.2, 0.25) is 6.17 Å². The van der Waals surface area contributed by atoms with E-state index in [1.165, 1.54) is 42.8 Å². The van der Waals surface area contributed by atoms with Crippen LogP contribution in [0.3, 0.4) is 0 Å². The summed E-state index contributed by atoms with van der Waals surface area (Å²) in [6.07, 6.45) is 5.41. The van der Waals surface area contributed by atoms with Crippen molar-refractivity contribution in [2.45, 2.75) is 30.8 Å². The van der Waals surface area contributed by atoms with Gasteiger partial charge in [-0.05, 0) is 31.2 Å². The standard InChI is InChI=1S/C11H12N2.C7H8O3S/c1-2-5-10-9(4-1)8-13-7-3-6-11(13)12-10;1-6-2-4-7(5-3-6)11(8,9)10/h1-2,4-5,8,11H,3,6-7H2;2-5H,1H3,(H,8,9,10). The Bertz CT molecular complexity index is 858. The molecule has 0 aromatic heterocycles. The first-order valence-corrected chi connectivity index (χ1v) is 9.33. The maximum Gasteiger partial charge on any atom is 0.226 e. The number of nitrogens with zero attached hydrogens (tertiary/aromatic N) is 1. The number of benzene rings is 2. The molecule has 0 saturated carbocycles. The van der Waals surface area contributed by atoms with Crippen LogP contribution in [0.4, 0.5) is 5.69 Å². The van der Waals surface area contributed by atoms with Crippen LogP contribution in [-0.4, -0.2) is 36.5 Å². The molecule has 0 bridgehead atoms. The second-order valence-corrected chi connectivity index (χ2v) is 7.40. The van der Waals surface area contributed by atoms with Gasteiger partial charge in [-0.2, -0.15) is 0 Å². The molecule has 2 aliphatic rings. The summed E-state index contributed by atoms with van der Waals surface area (Å²) in [5, 5.41) is 3.55. The van der Waals surface area contributed by atoms with Crippen molar-refractivity contribution in [3.63, 3.8) is 0 Å². The Labute approximate surface area is 142 Å². The minimum Gasteiger partial charge on any atom is -0.744 e. The number of anilines is 1. The molecular weight excluding hydrogens is 324 g/mol. The van der Waals surface area contributed by atoms with E-state index in [4.69, 9.17) is 0 Å². The number of hydrogen-bond donors (Lipinski definition) is 1. The second-order valence-electron chi connectivity index (χ2n) is 6.02. The molecule has 0 radical (unpaired) electrons. The molecule has 2 aliphatic heterocycles. The van der Waals surface area contributed by atoms with Crippen LogP contribution in [0.2, 0.25) is 0 Å². The van der Waals surface area contributed by atoms with Gasteiger partial charge in [0.05, 0.1) is 16.1 Å². The highest BCUT2D eigenvalue weighted by Gasteiger charge is 2.30. The summed E-state index contributed by atoms with van der Waals surface area (Å²) >= 11 is 0. The SMILES string of the molecule is C1=[N+]2CCCC2Nc2ccccc21.Cc1ccc(S(=O)(=O)[O-])cc1. The molecule has 0 aliphatic carbocycles. The van der Waals surface area contributed by atoms with Crippen molar-refractivity contribution in [2.24, 2.45) is 0 Å². The Kier molecular flexibility index (Phi) is 4.69. The van der Waals surface area contributed by atoms with Gasteiger partial charge in [0.15, 0.2) is 6.21 Å². The van der Waals surface area contributed by atoms with Gasteiger partial charge in [-0.1, -0.05) is 29.8 Å². The summed E-state index contributed by atoms with van der Waals surface area (Å²) in [7, 11) is -4.27. The van der Waals surface area contributed by atoms with Crippen LogP contribution < -0.4 is 5.32 Å². The van der Waals surface area contributed by atoms with Gasteiger partial charge in [-0.25, -0.2) is 13.0 Å². The Morgan fingerprint density at radius 2 is 1.83 bits per heavy atom. The van der Waals surface area contributed by atoms with Crippen molar-refractivity contribution in [2.75, 3.05) is 11.9 Å². The first-order chi connectivity index (χ1) is 11.4. The van der Waals surface area contributed by atoms with Crippen LogP contribution in [-0.2, 0) is 10.1 Å². The monoisotopic (exact) mass is 344 g/mol. The van der Waals surface area contributed by atoms with Crippen LogP contribution in [0.5, 0.6) is 0 Å². The van der Waals surface area contributed by atoms with Crippen LogP contribution >= 0.6 is 0 Å². The number of aryl methyl sites for hydroxylation is 1. The Morgan fingerprint density at radius 1 is 1.12 bits per heavy atom. The molecule has 5 nitrogen and oxygen atoms in total. The highest BCUT2D eigenvalue weighted by molar-refractivity contribution is 7.85. The van der Waals surface area contributed by atoms with Crippen LogP contribution in [0, 0.1) is 6.92 Å². The predicted octanol–water partition coefficient (Wildman–Crippen LogP) is 2.56. The molecule has 0 amide bonds. The number of fused-ring (bicyclic) bond motifs is 2. The predicted molar refractivity (Wildman–Crippen MR) is 92.5 cm³/mol. The Balaban J connectivity index is 0.000000144. The van der Waals surface area contributed by atoms with Crippen LogP contribution in [0.15, 0.2) is 53.4 Å². The van der Waals surface area contributed by atoms with Crippen molar-refractivity contribution in [1.82, 2.24) is 0 Å². The lowest BCUT2D eigenvalue weighted by molar-refractivity contribution is -0.533. The van der Waals surface area contributed by atoms with Crippen molar-refractivity contribution in [3.05, 3.63) is 59.7 Å². The molecule has 2 aromatic carbocycles. The number of para-hydroxylation sites is 1. The van der Waals surface area contributed by atoms with Gasteiger partial charge < -0.3 is 9.87 Å². The molecule has 126 valence electrons. The molecule has 1 N–H and O–H groups in total. The van der Waals surface area contributed by atoms with Gasteiger partial charge in [0.25, 0.3) is 0 Å². The van der Waals surface area contributed by atoms with E-state index in [1.54, 1.807) is 12.1 Å². The molecule has 4 rings (SSSR count). The third kappa shape index (κ3) is 3.83. The number of hydrogen-bond acceptors (Lipinski definition) is 4. The number of nitrogens with one attached hydrogen (secondary N) is 1. The highest BCUT2D eigenvalue weighted by Crippen LogP contribution is 2.23. The third-order valence-electron chi connectivity index (χ3n) is 4.19. The summed E-state index contributed by atoms with van der Waals surface area (Å²) in [5.41, 5.74) is 3.53. The minimum absolute atomic E-state index is 0.178. The van der Waals surface area contributed by atoms with E-state index in [1.807, 2.05) is 6.92 Å². The Hall–Kier alpha value is -2.18. The summed E-state index contributed by atoms with van der Waals surface area (Å²) < 4.78 is 33.6. The first kappa shape index (κ1) is 16.7. The van der Waals surface area contributed by atoms with Gasteiger partial charge in [0.1, 0.15) is 16.7 Å². The van der Waals surface area contributed by atoms with E-state index in [-0.39, 0.29) is 4.90 Å². The summed E-state index contributed by atoms with van der Waals surface area (Å²) in [6.45, 7) is 3.02. The fourth-order valence-electron chi connectivity index (χ4n) is 2.90. The topological polar surface area (TPSA) is 72.2 Å². The molecule has 0 spiro atoms. The van der Waals surface area contributed by atoms with Gasteiger partial charge in [0, 0.05) is 12.8 Å². The van der Waals surface area contributed by atoms with Crippen molar-refractivity contribution < 1.29 is 17.5 Å². The van der Waals surface area contributed by atoms with Crippen LogP contribution in [0.25, 0.3) is 0 Å². The lowest BCUT2D eigenvalue weighted by atomic mass is 10.1. The molecule has 24 heavy (non-hydrogen) atoms. The van der Waals surface area contributed by atoms with E-state index in [9.17, 15) is 13.0 Å². The molecule has 2 aromatic rings. The molecule has 1 atom stereocenters. The number of rotatable bonds is 1. The zero-order valence-corrected chi connectivity index (χ0v) is 14.3. The summed E-state index contributed by atoms with van der Waals surface area (Å²) in [4.78, 5) is -0.178. The van der Waals surface area contributed by atoms with Crippen molar-refractivity contribution in [3.8, 4) is 0 Å². The average molecular weight is 344 g/mol. The van der Waals surface area contributed by atoms with Gasteiger partial charge >= 0.3 is 0 Å². The lowest BCUT2D eigenvalue weighted by Gasteiger charge is -2.17.